The Balaban J connectivity index is 1.62. The molecule has 0 unspecified atom stereocenters. The standard InChI is InChI=1S/C21H24N4O2/c1-25(16-5-7-22-8-6-16)21-13-23-19(12-24-21)18-10-14-3-4-17(27-2)9-15(14)11-20(18)26/h3-4,9-13,16,22,26H,5-8H2,1-2H3. The summed E-state index contributed by atoms with van der Waals surface area (Å²) in [5, 5.41) is 15.8. The highest BCUT2D eigenvalue weighted by Gasteiger charge is 2.19. The van der Waals surface area contributed by atoms with Gasteiger partial charge in [-0.15, -0.1) is 0 Å². The van der Waals surface area contributed by atoms with E-state index in [-0.39, 0.29) is 5.75 Å². The monoisotopic (exact) mass is 364 g/mol. The second-order valence-corrected chi connectivity index (χ2v) is 6.93. The highest BCUT2D eigenvalue weighted by molar-refractivity contribution is 5.90. The third-order valence-electron chi connectivity index (χ3n) is 5.29. The van der Waals surface area contributed by atoms with Crippen molar-refractivity contribution in [3.05, 3.63) is 42.7 Å². The second kappa shape index (κ2) is 7.40. The maximum Gasteiger partial charge on any atom is 0.147 e. The predicted molar refractivity (Wildman–Crippen MR) is 107 cm³/mol. The van der Waals surface area contributed by atoms with Crippen molar-refractivity contribution in [2.24, 2.45) is 0 Å². The van der Waals surface area contributed by atoms with E-state index in [9.17, 15) is 5.11 Å². The van der Waals surface area contributed by atoms with Crippen LogP contribution in [0.3, 0.4) is 0 Å². The SMILES string of the molecule is COc1ccc2cc(-c3cnc(N(C)C4CCNCC4)cn3)c(O)cc2c1. The van der Waals surface area contributed by atoms with Gasteiger partial charge >= 0.3 is 0 Å². The number of aromatic hydroxyl groups is 1. The molecule has 2 N–H and O–H groups in total. The first-order valence-corrected chi connectivity index (χ1v) is 9.22. The normalized spacial score (nSPS) is 15.0. The fourth-order valence-electron chi connectivity index (χ4n) is 3.62. The lowest BCUT2D eigenvalue weighted by Crippen LogP contribution is -2.41. The number of hydrogen-bond donors (Lipinski definition) is 2. The molecule has 2 aromatic carbocycles. The Morgan fingerprint density at radius 3 is 2.59 bits per heavy atom. The van der Waals surface area contributed by atoms with Gasteiger partial charge in [0.15, 0.2) is 0 Å². The summed E-state index contributed by atoms with van der Waals surface area (Å²) in [7, 11) is 3.70. The van der Waals surface area contributed by atoms with Crippen LogP contribution in [0.1, 0.15) is 12.8 Å². The number of ether oxygens (including phenoxy) is 1. The third-order valence-corrected chi connectivity index (χ3v) is 5.29. The van der Waals surface area contributed by atoms with Crippen LogP contribution in [0.2, 0.25) is 0 Å². The van der Waals surface area contributed by atoms with Crippen molar-refractivity contribution in [3.8, 4) is 22.8 Å². The molecule has 6 nitrogen and oxygen atoms in total. The summed E-state index contributed by atoms with van der Waals surface area (Å²) < 4.78 is 5.25. The number of fused-ring (bicyclic) bond motifs is 1. The van der Waals surface area contributed by atoms with Crippen LogP contribution in [-0.2, 0) is 0 Å². The van der Waals surface area contributed by atoms with Gasteiger partial charge in [-0.1, -0.05) is 6.07 Å². The fourth-order valence-corrected chi connectivity index (χ4v) is 3.62. The van der Waals surface area contributed by atoms with Crippen LogP contribution in [0, 0.1) is 0 Å². The number of methoxy groups -OCH3 is 1. The maximum absolute atomic E-state index is 10.5. The van der Waals surface area contributed by atoms with E-state index >= 15 is 0 Å². The second-order valence-electron chi connectivity index (χ2n) is 6.93. The molecule has 1 aliphatic heterocycles. The summed E-state index contributed by atoms with van der Waals surface area (Å²) in [6, 6.07) is 9.95. The molecule has 0 radical (unpaired) electrons. The van der Waals surface area contributed by atoms with Crippen molar-refractivity contribution in [1.82, 2.24) is 15.3 Å². The van der Waals surface area contributed by atoms with Crippen LogP contribution in [0.4, 0.5) is 5.82 Å². The van der Waals surface area contributed by atoms with Gasteiger partial charge < -0.3 is 20.1 Å². The quantitative estimate of drug-likeness (QED) is 0.741. The summed E-state index contributed by atoms with van der Waals surface area (Å²) in [5.74, 6) is 1.81. The number of nitrogens with one attached hydrogen (secondary N) is 1. The van der Waals surface area contributed by atoms with E-state index in [0.717, 1.165) is 48.3 Å². The van der Waals surface area contributed by atoms with Crippen molar-refractivity contribution in [2.75, 3.05) is 32.1 Å². The first-order chi connectivity index (χ1) is 13.2. The van der Waals surface area contributed by atoms with E-state index in [4.69, 9.17) is 4.74 Å². The van der Waals surface area contributed by atoms with Gasteiger partial charge in [0.05, 0.1) is 25.2 Å². The molecule has 1 aliphatic rings. The van der Waals surface area contributed by atoms with E-state index in [2.05, 4.69) is 27.2 Å². The molecular formula is C21H24N4O2. The molecule has 1 aromatic heterocycles. The summed E-state index contributed by atoms with van der Waals surface area (Å²) in [5.41, 5.74) is 1.34. The molecule has 0 bridgehead atoms. The number of benzene rings is 2. The van der Waals surface area contributed by atoms with Crippen LogP contribution < -0.4 is 15.0 Å². The predicted octanol–water partition coefficient (Wildman–Crippen LogP) is 3.20. The Hall–Kier alpha value is -2.86. The Morgan fingerprint density at radius 1 is 1.07 bits per heavy atom. The van der Waals surface area contributed by atoms with Crippen LogP contribution >= 0.6 is 0 Å². The van der Waals surface area contributed by atoms with Crippen molar-refractivity contribution in [1.29, 1.82) is 0 Å². The molecule has 1 fully saturated rings. The number of phenolic OH excluding ortho intramolecular Hbond substituents is 1. The van der Waals surface area contributed by atoms with Gasteiger partial charge in [0.2, 0.25) is 0 Å². The van der Waals surface area contributed by atoms with Gasteiger partial charge in [0.25, 0.3) is 0 Å². The number of phenols is 1. The average molecular weight is 364 g/mol. The number of aromatic nitrogens is 2. The maximum atomic E-state index is 10.5. The first kappa shape index (κ1) is 17.5. The summed E-state index contributed by atoms with van der Waals surface area (Å²) in [6.07, 6.45) is 5.73. The molecule has 0 amide bonds. The lowest BCUT2D eigenvalue weighted by molar-refractivity contribution is 0.415. The number of rotatable bonds is 4. The van der Waals surface area contributed by atoms with Gasteiger partial charge in [0, 0.05) is 18.7 Å². The molecule has 0 atom stereocenters. The molecule has 0 aliphatic carbocycles. The zero-order valence-electron chi connectivity index (χ0n) is 15.6. The van der Waals surface area contributed by atoms with E-state index in [1.807, 2.05) is 24.3 Å². The summed E-state index contributed by atoms with van der Waals surface area (Å²) in [4.78, 5) is 11.4. The summed E-state index contributed by atoms with van der Waals surface area (Å²) in [6.45, 7) is 2.08. The molecule has 0 spiro atoms. The van der Waals surface area contributed by atoms with Crippen molar-refractivity contribution < 1.29 is 9.84 Å². The largest absolute Gasteiger partial charge is 0.507 e. The Bertz CT molecular complexity index is 937. The van der Waals surface area contributed by atoms with Crippen LogP contribution in [0.25, 0.3) is 22.0 Å². The molecule has 6 heteroatoms. The minimum Gasteiger partial charge on any atom is -0.507 e. The zero-order valence-corrected chi connectivity index (χ0v) is 15.6. The van der Waals surface area contributed by atoms with Gasteiger partial charge in [0.1, 0.15) is 17.3 Å². The van der Waals surface area contributed by atoms with Crippen LogP contribution in [-0.4, -0.2) is 48.4 Å². The van der Waals surface area contributed by atoms with E-state index < -0.39 is 0 Å². The molecular weight excluding hydrogens is 340 g/mol. The zero-order chi connectivity index (χ0) is 18.8. The molecule has 140 valence electrons. The van der Waals surface area contributed by atoms with Gasteiger partial charge in [-0.25, -0.2) is 4.98 Å². The molecule has 2 heterocycles. The van der Waals surface area contributed by atoms with E-state index in [1.54, 1.807) is 25.6 Å². The third kappa shape index (κ3) is 3.53. The number of anilines is 1. The topological polar surface area (TPSA) is 70.5 Å². The van der Waals surface area contributed by atoms with Gasteiger partial charge in [-0.05, 0) is 61.0 Å². The lowest BCUT2D eigenvalue weighted by atomic mass is 10.0. The smallest absolute Gasteiger partial charge is 0.147 e. The highest BCUT2D eigenvalue weighted by Crippen LogP contribution is 2.34. The van der Waals surface area contributed by atoms with Gasteiger partial charge in [-0.3, -0.25) is 4.98 Å². The number of nitrogens with zero attached hydrogens (tertiary/aromatic N) is 3. The number of piperidine rings is 1. The van der Waals surface area contributed by atoms with Crippen LogP contribution in [0.15, 0.2) is 42.7 Å². The average Bonchev–Trinajstić information content (AvgIpc) is 2.73. The Labute approximate surface area is 158 Å². The first-order valence-electron chi connectivity index (χ1n) is 9.22. The minimum absolute atomic E-state index is 0.185. The molecule has 0 saturated carbocycles. The van der Waals surface area contributed by atoms with Crippen molar-refractivity contribution in [2.45, 2.75) is 18.9 Å². The molecule has 27 heavy (non-hydrogen) atoms. The molecule has 3 aromatic rings. The summed E-state index contributed by atoms with van der Waals surface area (Å²) >= 11 is 0. The molecule has 1 saturated heterocycles. The van der Waals surface area contributed by atoms with E-state index in [1.165, 1.54) is 0 Å². The van der Waals surface area contributed by atoms with Crippen molar-refractivity contribution >= 4 is 16.6 Å². The lowest BCUT2D eigenvalue weighted by Gasteiger charge is -2.32. The molecule has 4 rings (SSSR count). The Kier molecular flexibility index (Phi) is 4.81. The highest BCUT2D eigenvalue weighted by atomic mass is 16.5. The fraction of sp³-hybridized carbons (Fsp3) is 0.333. The van der Waals surface area contributed by atoms with E-state index in [0.29, 0.717) is 17.3 Å². The number of hydrogen-bond acceptors (Lipinski definition) is 6. The Morgan fingerprint density at radius 2 is 1.89 bits per heavy atom. The van der Waals surface area contributed by atoms with Gasteiger partial charge in [-0.2, -0.15) is 0 Å². The van der Waals surface area contributed by atoms with Crippen molar-refractivity contribution in [3.63, 3.8) is 0 Å². The minimum atomic E-state index is 0.185. The van der Waals surface area contributed by atoms with Crippen LogP contribution in [0.5, 0.6) is 11.5 Å².